The Morgan fingerprint density at radius 3 is 2.23 bits per heavy atom. The lowest BCUT2D eigenvalue weighted by Crippen LogP contribution is -2.70. The van der Waals surface area contributed by atoms with Crippen LogP contribution in [0.25, 0.3) is 0 Å². The topological polar surface area (TPSA) is 147 Å². The second-order valence-electron chi connectivity index (χ2n) is 6.61. The molecule has 0 aliphatic rings. The molecule has 31 heavy (non-hydrogen) atoms. The Hall–Kier alpha value is -2.86. The fraction of sp³-hybridized carbons (Fsp3) is 0.526. The largest absolute Gasteiger partial charge is 0.542 e. The van der Waals surface area contributed by atoms with Gasteiger partial charge in [0.05, 0.1) is 12.5 Å². The molecule has 1 unspecified atom stereocenters. The van der Waals surface area contributed by atoms with Gasteiger partial charge in [-0.25, -0.2) is 4.79 Å². The zero-order chi connectivity index (χ0) is 24.0. The number of carbonyl (C=O) groups is 3. The molecule has 1 aromatic rings. The number of carboxylic acids is 2. The number of alkyl halides is 3. The van der Waals surface area contributed by atoms with Crippen molar-refractivity contribution in [3.63, 3.8) is 0 Å². The van der Waals surface area contributed by atoms with Gasteiger partial charge in [0, 0.05) is 13.1 Å². The molecule has 0 aromatic heterocycles. The van der Waals surface area contributed by atoms with Gasteiger partial charge in [-0.2, -0.15) is 13.2 Å². The lowest BCUT2D eigenvalue weighted by molar-refractivity contribution is -0.420. The molecule has 0 fully saturated rings. The van der Waals surface area contributed by atoms with Crippen molar-refractivity contribution in [3.05, 3.63) is 35.9 Å². The number of likely N-dealkylation sites (N-methyl/N-ethyl adjacent to an activating group) is 1. The Morgan fingerprint density at radius 2 is 1.81 bits per heavy atom. The number of benzene rings is 1. The van der Waals surface area contributed by atoms with Crippen molar-refractivity contribution in [2.45, 2.75) is 45.1 Å². The number of hydrogen-bond acceptors (Lipinski definition) is 6. The first-order chi connectivity index (χ1) is 14.4. The molecule has 1 rings (SSSR count). The quantitative estimate of drug-likeness (QED) is 0.454. The van der Waals surface area contributed by atoms with E-state index >= 15 is 0 Å². The van der Waals surface area contributed by atoms with Gasteiger partial charge in [-0.1, -0.05) is 37.3 Å². The third-order valence-electron chi connectivity index (χ3n) is 3.98. The van der Waals surface area contributed by atoms with Gasteiger partial charge < -0.3 is 35.7 Å². The van der Waals surface area contributed by atoms with Crippen molar-refractivity contribution in [2.24, 2.45) is 0 Å². The number of amides is 1. The summed E-state index contributed by atoms with van der Waals surface area (Å²) < 4.78 is 36.8. The number of nitrogens with one attached hydrogen (secondary N) is 1. The highest BCUT2D eigenvalue weighted by Gasteiger charge is 2.28. The van der Waals surface area contributed by atoms with Crippen LogP contribution in [0.15, 0.2) is 30.3 Å². The number of carbonyl (C=O) groups excluding carboxylic acids is 2. The predicted molar refractivity (Wildman–Crippen MR) is 101 cm³/mol. The summed E-state index contributed by atoms with van der Waals surface area (Å²) in [5.41, 5.74) is 4.90. The molecule has 0 spiro atoms. The van der Waals surface area contributed by atoms with Crippen molar-refractivity contribution >= 4 is 18.0 Å². The van der Waals surface area contributed by atoms with Gasteiger partial charge in [0.15, 0.2) is 0 Å². The van der Waals surface area contributed by atoms with Crippen molar-refractivity contribution in [1.82, 2.24) is 10.2 Å². The zero-order valence-corrected chi connectivity index (χ0v) is 17.4. The molecule has 0 aliphatic carbocycles. The SMILES string of the molecule is CCN(CCC(=O)O)C[C@@H](NC(=O)OCc1ccccc1)C(C)[NH3+].O=C([O-])C(F)(F)F. The summed E-state index contributed by atoms with van der Waals surface area (Å²) in [6, 6.07) is 9.22. The van der Waals surface area contributed by atoms with E-state index in [1.54, 1.807) is 0 Å². The molecule has 9 nitrogen and oxygen atoms in total. The zero-order valence-electron chi connectivity index (χ0n) is 17.4. The van der Waals surface area contributed by atoms with Crippen molar-refractivity contribution in [3.8, 4) is 0 Å². The van der Waals surface area contributed by atoms with Crippen molar-refractivity contribution in [2.75, 3.05) is 19.6 Å². The molecule has 1 amide bonds. The Morgan fingerprint density at radius 1 is 1.26 bits per heavy atom. The monoisotopic (exact) mass is 451 g/mol. The van der Waals surface area contributed by atoms with Gasteiger partial charge >= 0.3 is 18.2 Å². The summed E-state index contributed by atoms with van der Waals surface area (Å²) in [5, 5.41) is 20.4. The van der Waals surface area contributed by atoms with Crippen LogP contribution in [0.4, 0.5) is 18.0 Å². The highest BCUT2D eigenvalue weighted by Crippen LogP contribution is 2.11. The Labute approximate surface area is 178 Å². The number of carboxylic acid groups (broad SMARTS) is 2. The summed E-state index contributed by atoms with van der Waals surface area (Å²) in [5.74, 6) is -3.84. The molecule has 1 aromatic carbocycles. The highest BCUT2D eigenvalue weighted by atomic mass is 19.4. The first kappa shape index (κ1) is 28.1. The smallest absolute Gasteiger partial charge is 0.430 e. The Bertz CT molecular complexity index is 686. The van der Waals surface area contributed by atoms with Crippen molar-refractivity contribution < 1.29 is 48.2 Å². The summed E-state index contributed by atoms with van der Waals surface area (Å²) in [4.78, 5) is 33.5. The molecule has 5 N–H and O–H groups in total. The molecule has 0 aliphatic heterocycles. The van der Waals surface area contributed by atoms with Crippen molar-refractivity contribution in [1.29, 1.82) is 0 Å². The fourth-order valence-electron chi connectivity index (χ4n) is 2.19. The number of hydrogen-bond donors (Lipinski definition) is 3. The molecular weight excluding hydrogens is 423 g/mol. The molecular formula is C19H28F3N3O6. The maximum absolute atomic E-state index is 12.0. The third kappa shape index (κ3) is 13.9. The van der Waals surface area contributed by atoms with E-state index in [4.69, 9.17) is 19.7 Å². The van der Waals surface area contributed by atoms with E-state index in [0.29, 0.717) is 19.6 Å². The number of nitrogens with zero attached hydrogens (tertiary/aromatic N) is 1. The first-order valence-corrected chi connectivity index (χ1v) is 9.39. The lowest BCUT2D eigenvalue weighted by Gasteiger charge is -2.27. The van der Waals surface area contributed by atoms with Crippen LogP contribution in [0.1, 0.15) is 25.8 Å². The van der Waals surface area contributed by atoms with Crippen LogP contribution < -0.4 is 16.2 Å². The number of aliphatic carboxylic acids is 2. The van der Waals surface area contributed by atoms with Gasteiger partial charge in [0.1, 0.15) is 18.6 Å². The minimum Gasteiger partial charge on any atom is -0.542 e. The first-order valence-electron chi connectivity index (χ1n) is 9.39. The molecule has 176 valence electrons. The van der Waals surface area contributed by atoms with Crippen LogP contribution in [-0.4, -0.2) is 65.9 Å². The molecule has 0 heterocycles. The second-order valence-corrected chi connectivity index (χ2v) is 6.61. The number of quaternary nitrogens is 1. The Kier molecular flexibility index (Phi) is 12.9. The van der Waals surface area contributed by atoms with Crippen LogP contribution >= 0.6 is 0 Å². The number of rotatable bonds is 10. The van der Waals surface area contributed by atoms with Gasteiger partial charge in [0.2, 0.25) is 0 Å². The average Bonchev–Trinajstić information content (AvgIpc) is 2.68. The minimum absolute atomic E-state index is 0.0341. The second kappa shape index (κ2) is 14.2. The van der Waals surface area contributed by atoms with Gasteiger partial charge in [-0.15, -0.1) is 0 Å². The van der Waals surface area contributed by atoms with Crippen LogP contribution in [0, 0.1) is 0 Å². The summed E-state index contributed by atoms with van der Waals surface area (Å²) in [6.07, 6.45) is -5.61. The Balaban J connectivity index is 0.00000110. The highest BCUT2D eigenvalue weighted by molar-refractivity contribution is 5.70. The summed E-state index contributed by atoms with van der Waals surface area (Å²) >= 11 is 0. The predicted octanol–water partition coefficient (Wildman–Crippen LogP) is 0.00700. The normalized spacial score (nSPS) is 12.9. The minimum atomic E-state index is -5.19. The molecule has 0 saturated heterocycles. The van der Waals surface area contributed by atoms with E-state index in [0.717, 1.165) is 5.56 Å². The van der Waals surface area contributed by atoms with Crippen LogP contribution in [0.5, 0.6) is 0 Å². The third-order valence-corrected chi connectivity index (χ3v) is 3.98. The average molecular weight is 451 g/mol. The fourth-order valence-corrected chi connectivity index (χ4v) is 2.19. The van der Waals surface area contributed by atoms with E-state index < -0.39 is 24.2 Å². The maximum Gasteiger partial charge on any atom is 0.430 e. The van der Waals surface area contributed by atoms with Crippen LogP contribution in [0.3, 0.4) is 0 Å². The number of alkyl carbamates (subject to hydrolysis) is 1. The number of ether oxygens (including phenoxy) is 1. The molecule has 0 bridgehead atoms. The van der Waals surface area contributed by atoms with E-state index in [2.05, 4.69) is 11.1 Å². The van der Waals surface area contributed by atoms with E-state index in [-0.39, 0.29) is 25.1 Å². The van der Waals surface area contributed by atoms with E-state index in [1.807, 2.05) is 49.1 Å². The van der Waals surface area contributed by atoms with Gasteiger partial charge in [-0.3, -0.25) is 4.79 Å². The number of halogens is 3. The van der Waals surface area contributed by atoms with E-state index in [1.165, 1.54) is 0 Å². The van der Waals surface area contributed by atoms with Gasteiger partial charge in [0.25, 0.3) is 0 Å². The van der Waals surface area contributed by atoms with E-state index in [9.17, 15) is 22.8 Å². The summed E-state index contributed by atoms with van der Waals surface area (Å²) in [7, 11) is 0. The molecule has 2 atom stereocenters. The summed E-state index contributed by atoms with van der Waals surface area (Å²) in [6.45, 7) is 5.76. The van der Waals surface area contributed by atoms with Crippen LogP contribution in [0.2, 0.25) is 0 Å². The van der Waals surface area contributed by atoms with Crippen LogP contribution in [-0.2, 0) is 20.9 Å². The van der Waals surface area contributed by atoms with Gasteiger partial charge in [-0.05, 0) is 19.0 Å². The lowest BCUT2D eigenvalue weighted by atomic mass is 10.1. The molecule has 12 heteroatoms. The maximum atomic E-state index is 12.0. The molecule has 0 radical (unpaired) electrons. The standard InChI is InChI=1S/C17H27N3O4.C2HF3O2/c1-3-20(10-9-16(21)22)11-15(13(2)18)19-17(23)24-12-14-7-5-4-6-8-14;3-2(4,5)1(6)7/h4-8,13,15H,3,9-12,18H2,1-2H3,(H,19,23)(H,21,22);(H,6,7)/t13?,15-;/m1./s1. The molecule has 0 saturated carbocycles.